The van der Waals surface area contributed by atoms with Crippen LogP contribution < -0.4 is 14.8 Å². The van der Waals surface area contributed by atoms with Gasteiger partial charge >= 0.3 is 0 Å². The lowest BCUT2D eigenvalue weighted by molar-refractivity contribution is 0.411. The van der Waals surface area contributed by atoms with Crippen molar-refractivity contribution in [1.29, 1.82) is 0 Å². The van der Waals surface area contributed by atoms with Crippen LogP contribution in [0.3, 0.4) is 0 Å². The van der Waals surface area contributed by atoms with E-state index in [4.69, 9.17) is 9.47 Å². The van der Waals surface area contributed by atoms with Crippen LogP contribution in [0.1, 0.15) is 5.56 Å². The molecule has 0 amide bonds. The maximum atomic E-state index is 5.10. The van der Waals surface area contributed by atoms with Crippen molar-refractivity contribution >= 4 is 5.95 Å². The second kappa shape index (κ2) is 5.86. The standard InChI is InChI=1S/C13H15N3O2/c1-17-11-5-3-10(4-6-11)7-14-13-15-8-12(18-2)9-16-13/h3-6,8-9H,7H2,1-2H3,(H,14,15,16). The molecule has 0 aliphatic carbocycles. The van der Waals surface area contributed by atoms with Gasteiger partial charge in [-0.05, 0) is 17.7 Å². The van der Waals surface area contributed by atoms with Crippen molar-refractivity contribution in [2.24, 2.45) is 0 Å². The van der Waals surface area contributed by atoms with Crippen molar-refractivity contribution in [2.45, 2.75) is 6.54 Å². The average molecular weight is 245 g/mol. The Balaban J connectivity index is 1.93. The predicted octanol–water partition coefficient (Wildman–Crippen LogP) is 2.11. The van der Waals surface area contributed by atoms with E-state index in [1.165, 1.54) is 0 Å². The van der Waals surface area contributed by atoms with Crippen LogP contribution in [0, 0.1) is 0 Å². The summed E-state index contributed by atoms with van der Waals surface area (Å²) in [6.45, 7) is 0.663. The summed E-state index contributed by atoms with van der Waals surface area (Å²) in [5.41, 5.74) is 1.13. The van der Waals surface area contributed by atoms with Crippen LogP contribution in [0.2, 0.25) is 0 Å². The molecule has 1 heterocycles. The highest BCUT2D eigenvalue weighted by Crippen LogP contribution is 2.12. The van der Waals surface area contributed by atoms with E-state index in [-0.39, 0.29) is 0 Å². The van der Waals surface area contributed by atoms with Gasteiger partial charge in [-0.3, -0.25) is 0 Å². The number of benzene rings is 1. The number of hydrogen-bond donors (Lipinski definition) is 1. The lowest BCUT2D eigenvalue weighted by Crippen LogP contribution is -2.03. The van der Waals surface area contributed by atoms with Crippen molar-refractivity contribution in [2.75, 3.05) is 19.5 Å². The molecule has 0 spiro atoms. The average Bonchev–Trinajstić information content (AvgIpc) is 2.46. The summed E-state index contributed by atoms with van der Waals surface area (Å²) in [6.07, 6.45) is 3.26. The molecule has 18 heavy (non-hydrogen) atoms. The number of methoxy groups -OCH3 is 2. The molecule has 1 aromatic carbocycles. The van der Waals surface area contributed by atoms with Gasteiger partial charge in [0.1, 0.15) is 5.75 Å². The zero-order chi connectivity index (χ0) is 12.8. The minimum absolute atomic E-state index is 0.576. The number of nitrogens with zero attached hydrogens (tertiary/aromatic N) is 2. The third-order valence-corrected chi connectivity index (χ3v) is 2.47. The zero-order valence-corrected chi connectivity index (χ0v) is 10.4. The first kappa shape index (κ1) is 12.2. The molecule has 2 aromatic rings. The summed E-state index contributed by atoms with van der Waals surface area (Å²) in [5.74, 6) is 2.07. The van der Waals surface area contributed by atoms with Gasteiger partial charge < -0.3 is 14.8 Å². The fourth-order valence-electron chi connectivity index (χ4n) is 1.44. The van der Waals surface area contributed by atoms with E-state index < -0.39 is 0 Å². The Labute approximate surface area is 106 Å². The number of ether oxygens (including phenoxy) is 2. The molecule has 0 aliphatic heterocycles. The lowest BCUT2D eigenvalue weighted by atomic mass is 10.2. The first-order chi connectivity index (χ1) is 8.81. The Kier molecular flexibility index (Phi) is 3.96. The molecule has 0 saturated heterocycles. The maximum Gasteiger partial charge on any atom is 0.223 e. The maximum absolute atomic E-state index is 5.10. The SMILES string of the molecule is COc1ccc(CNc2ncc(OC)cn2)cc1. The van der Waals surface area contributed by atoms with E-state index >= 15 is 0 Å². The van der Waals surface area contributed by atoms with E-state index in [0.29, 0.717) is 18.2 Å². The summed E-state index contributed by atoms with van der Waals surface area (Å²) in [6, 6.07) is 7.84. The lowest BCUT2D eigenvalue weighted by Gasteiger charge is -2.06. The van der Waals surface area contributed by atoms with Gasteiger partial charge in [0.2, 0.25) is 5.95 Å². The first-order valence-corrected chi connectivity index (χ1v) is 5.54. The monoisotopic (exact) mass is 245 g/mol. The van der Waals surface area contributed by atoms with Crippen LogP contribution >= 0.6 is 0 Å². The first-order valence-electron chi connectivity index (χ1n) is 5.54. The molecule has 0 aliphatic rings. The quantitative estimate of drug-likeness (QED) is 0.874. The summed E-state index contributed by atoms with van der Waals surface area (Å²) in [5, 5.41) is 3.13. The van der Waals surface area contributed by atoms with E-state index in [9.17, 15) is 0 Å². The van der Waals surface area contributed by atoms with Gasteiger partial charge in [-0.1, -0.05) is 12.1 Å². The zero-order valence-electron chi connectivity index (χ0n) is 10.4. The number of anilines is 1. The Morgan fingerprint density at radius 2 is 1.56 bits per heavy atom. The van der Waals surface area contributed by atoms with E-state index in [1.54, 1.807) is 26.6 Å². The number of hydrogen-bond acceptors (Lipinski definition) is 5. The second-order valence-electron chi connectivity index (χ2n) is 3.65. The van der Waals surface area contributed by atoms with Crippen LogP contribution in [-0.2, 0) is 6.54 Å². The summed E-state index contributed by atoms with van der Waals surface area (Å²) < 4.78 is 10.1. The summed E-state index contributed by atoms with van der Waals surface area (Å²) >= 11 is 0. The highest BCUT2D eigenvalue weighted by molar-refractivity contribution is 5.32. The fraction of sp³-hybridized carbons (Fsp3) is 0.231. The smallest absolute Gasteiger partial charge is 0.223 e. The fourth-order valence-corrected chi connectivity index (χ4v) is 1.44. The van der Waals surface area contributed by atoms with Gasteiger partial charge in [-0.25, -0.2) is 9.97 Å². The van der Waals surface area contributed by atoms with Gasteiger partial charge in [-0.15, -0.1) is 0 Å². The largest absolute Gasteiger partial charge is 0.497 e. The van der Waals surface area contributed by atoms with Crippen molar-refractivity contribution < 1.29 is 9.47 Å². The molecule has 0 unspecified atom stereocenters. The number of nitrogens with one attached hydrogen (secondary N) is 1. The molecule has 0 bridgehead atoms. The molecule has 2 rings (SSSR count). The predicted molar refractivity (Wildman–Crippen MR) is 68.9 cm³/mol. The van der Waals surface area contributed by atoms with E-state index in [0.717, 1.165) is 11.3 Å². The molecule has 0 atom stereocenters. The normalized spacial score (nSPS) is 9.89. The Hall–Kier alpha value is -2.30. The molecule has 0 fully saturated rings. The van der Waals surface area contributed by atoms with Crippen molar-refractivity contribution in [3.63, 3.8) is 0 Å². The highest BCUT2D eigenvalue weighted by Gasteiger charge is 1.98. The molecular weight excluding hydrogens is 230 g/mol. The van der Waals surface area contributed by atoms with Crippen LogP contribution in [0.5, 0.6) is 11.5 Å². The van der Waals surface area contributed by atoms with E-state index in [1.807, 2.05) is 24.3 Å². The van der Waals surface area contributed by atoms with Crippen LogP contribution in [0.25, 0.3) is 0 Å². The molecule has 0 radical (unpaired) electrons. The molecule has 94 valence electrons. The number of aromatic nitrogens is 2. The minimum atomic E-state index is 0.576. The molecule has 1 N–H and O–H groups in total. The van der Waals surface area contributed by atoms with Crippen LogP contribution in [0.15, 0.2) is 36.7 Å². The Bertz CT molecular complexity index is 435. The molecule has 5 heteroatoms. The van der Waals surface area contributed by atoms with Gasteiger partial charge in [0.15, 0.2) is 5.75 Å². The van der Waals surface area contributed by atoms with Gasteiger partial charge in [-0.2, -0.15) is 0 Å². The minimum Gasteiger partial charge on any atom is -0.497 e. The highest BCUT2D eigenvalue weighted by atomic mass is 16.5. The third kappa shape index (κ3) is 3.10. The van der Waals surface area contributed by atoms with Crippen LogP contribution in [0.4, 0.5) is 5.95 Å². The third-order valence-electron chi connectivity index (χ3n) is 2.47. The molecular formula is C13H15N3O2. The van der Waals surface area contributed by atoms with Gasteiger partial charge in [0.05, 0.1) is 26.6 Å². The molecule has 0 saturated carbocycles. The Morgan fingerprint density at radius 3 is 2.11 bits per heavy atom. The Morgan fingerprint density at radius 1 is 0.944 bits per heavy atom. The molecule has 5 nitrogen and oxygen atoms in total. The topological polar surface area (TPSA) is 56.3 Å². The van der Waals surface area contributed by atoms with Crippen molar-refractivity contribution in [1.82, 2.24) is 9.97 Å². The van der Waals surface area contributed by atoms with Crippen molar-refractivity contribution in [3.05, 3.63) is 42.2 Å². The molecule has 1 aromatic heterocycles. The summed E-state index contributed by atoms with van der Waals surface area (Å²) in [7, 11) is 3.24. The van der Waals surface area contributed by atoms with Gasteiger partial charge in [0.25, 0.3) is 0 Å². The summed E-state index contributed by atoms with van der Waals surface area (Å²) in [4.78, 5) is 8.25. The van der Waals surface area contributed by atoms with E-state index in [2.05, 4.69) is 15.3 Å². The number of rotatable bonds is 5. The second-order valence-corrected chi connectivity index (χ2v) is 3.65. The van der Waals surface area contributed by atoms with Gasteiger partial charge in [0, 0.05) is 6.54 Å². The van der Waals surface area contributed by atoms with Crippen LogP contribution in [-0.4, -0.2) is 24.2 Å². The van der Waals surface area contributed by atoms with Crippen molar-refractivity contribution in [3.8, 4) is 11.5 Å².